The zero-order valence-electron chi connectivity index (χ0n) is 10.2. The lowest BCUT2D eigenvalue weighted by Gasteiger charge is -2.20. The molecule has 96 valence electrons. The predicted molar refractivity (Wildman–Crippen MR) is 71.3 cm³/mol. The average Bonchev–Trinajstić information content (AvgIpc) is 2.79. The van der Waals surface area contributed by atoms with Gasteiger partial charge in [-0.3, -0.25) is 0 Å². The Kier molecular flexibility index (Phi) is 2.83. The van der Waals surface area contributed by atoms with Crippen molar-refractivity contribution in [2.75, 3.05) is 6.61 Å². The number of hydrazone groups is 1. The fraction of sp³-hybridized carbons (Fsp3) is 0.133. The van der Waals surface area contributed by atoms with Crippen molar-refractivity contribution >= 4 is 6.08 Å². The van der Waals surface area contributed by atoms with Crippen LogP contribution >= 0.6 is 0 Å². The van der Waals surface area contributed by atoms with Crippen LogP contribution in [0.3, 0.4) is 0 Å². The van der Waals surface area contributed by atoms with Crippen molar-refractivity contribution < 1.29 is 9.84 Å². The van der Waals surface area contributed by atoms with E-state index in [-0.39, 0.29) is 12.5 Å². The summed E-state index contributed by atoms with van der Waals surface area (Å²) in [4.78, 5) is 0. The zero-order valence-corrected chi connectivity index (χ0v) is 10.2. The molecule has 0 radical (unpaired) electrons. The summed E-state index contributed by atoms with van der Waals surface area (Å²) in [5, 5.41) is 14.1. The SMILES string of the molecule is N/N=C(\[O-])OCC1c2ccccc2-c2ccccc21. The van der Waals surface area contributed by atoms with E-state index in [0.717, 1.165) is 0 Å². The smallest absolute Gasteiger partial charge is 0.171 e. The summed E-state index contributed by atoms with van der Waals surface area (Å²) in [5.41, 5.74) is 4.75. The number of nitrogens with zero attached hydrogens (tertiary/aromatic N) is 1. The van der Waals surface area contributed by atoms with Crippen LogP contribution in [0.5, 0.6) is 0 Å². The van der Waals surface area contributed by atoms with Crippen LogP contribution in [0, 0.1) is 0 Å². The maximum atomic E-state index is 11.1. The summed E-state index contributed by atoms with van der Waals surface area (Å²) in [6, 6.07) is 16.3. The zero-order chi connectivity index (χ0) is 13.2. The van der Waals surface area contributed by atoms with E-state index in [2.05, 4.69) is 29.4 Å². The molecule has 2 N–H and O–H groups in total. The van der Waals surface area contributed by atoms with Gasteiger partial charge in [-0.25, -0.2) is 0 Å². The Morgan fingerprint density at radius 3 is 2.11 bits per heavy atom. The van der Waals surface area contributed by atoms with Crippen LogP contribution in [0.4, 0.5) is 0 Å². The standard InChI is InChI=1S/C15H14N2O2/c16-17-15(18)19-9-14-12-7-3-1-5-10(12)11-6-2-4-8-13(11)14/h1-8,14H,9,16H2,(H,17,18)/p-1. The van der Waals surface area contributed by atoms with Crippen LogP contribution in [0.15, 0.2) is 53.6 Å². The van der Waals surface area contributed by atoms with Gasteiger partial charge in [0.2, 0.25) is 0 Å². The van der Waals surface area contributed by atoms with Crippen LogP contribution in [0.1, 0.15) is 17.0 Å². The maximum absolute atomic E-state index is 11.1. The quantitative estimate of drug-likeness (QED) is 0.380. The Hall–Kier alpha value is -2.49. The van der Waals surface area contributed by atoms with Crippen LogP contribution < -0.4 is 10.9 Å². The normalized spacial score (nSPS) is 14.0. The molecule has 3 rings (SSSR count). The Morgan fingerprint density at radius 1 is 1.05 bits per heavy atom. The summed E-state index contributed by atoms with van der Waals surface area (Å²) in [6.45, 7) is 0.257. The molecule has 0 atom stereocenters. The molecular weight excluding hydrogens is 240 g/mol. The van der Waals surface area contributed by atoms with Crippen molar-refractivity contribution in [3.63, 3.8) is 0 Å². The number of nitrogens with two attached hydrogens (primary N) is 1. The van der Waals surface area contributed by atoms with E-state index in [1.807, 2.05) is 24.3 Å². The molecule has 0 bridgehead atoms. The fourth-order valence-corrected chi connectivity index (χ4v) is 2.63. The van der Waals surface area contributed by atoms with Gasteiger partial charge in [0, 0.05) is 12.5 Å². The molecule has 2 aromatic rings. The molecule has 4 nitrogen and oxygen atoms in total. The van der Waals surface area contributed by atoms with Gasteiger partial charge in [-0.1, -0.05) is 48.5 Å². The molecule has 1 aliphatic carbocycles. The van der Waals surface area contributed by atoms with Gasteiger partial charge in [-0.15, -0.1) is 0 Å². The second-order valence-electron chi connectivity index (χ2n) is 4.43. The molecule has 1 aliphatic rings. The molecule has 0 fully saturated rings. The molecule has 4 heteroatoms. The van der Waals surface area contributed by atoms with Gasteiger partial charge in [0.15, 0.2) is 6.08 Å². The minimum absolute atomic E-state index is 0.0538. The maximum Gasteiger partial charge on any atom is 0.171 e. The van der Waals surface area contributed by atoms with E-state index in [4.69, 9.17) is 10.6 Å². The van der Waals surface area contributed by atoms with E-state index in [9.17, 15) is 5.11 Å². The Balaban J connectivity index is 2.00. The molecule has 19 heavy (non-hydrogen) atoms. The largest absolute Gasteiger partial charge is 0.598 e. The molecule has 0 aromatic heterocycles. The minimum atomic E-state index is -0.734. The first-order valence-electron chi connectivity index (χ1n) is 6.07. The number of hydrogen-bond donors (Lipinski definition) is 1. The lowest BCUT2D eigenvalue weighted by Crippen LogP contribution is -2.25. The highest BCUT2D eigenvalue weighted by atomic mass is 16.6. The van der Waals surface area contributed by atoms with Crippen LogP contribution in [0.25, 0.3) is 11.1 Å². The molecule has 0 amide bonds. The number of ether oxygens (including phenoxy) is 1. The number of benzene rings is 2. The molecule has 0 saturated heterocycles. The van der Waals surface area contributed by atoms with Gasteiger partial charge in [-0.05, 0) is 22.3 Å². The first-order valence-corrected chi connectivity index (χ1v) is 6.07. The van der Waals surface area contributed by atoms with E-state index >= 15 is 0 Å². The van der Waals surface area contributed by atoms with Crippen LogP contribution in [-0.2, 0) is 4.74 Å². The molecule has 0 heterocycles. The third-order valence-electron chi connectivity index (χ3n) is 3.44. The average molecular weight is 253 g/mol. The summed E-state index contributed by atoms with van der Waals surface area (Å²) >= 11 is 0. The second-order valence-corrected chi connectivity index (χ2v) is 4.43. The third kappa shape index (κ3) is 1.91. The molecule has 2 aromatic carbocycles. The molecule has 0 aliphatic heterocycles. The second kappa shape index (κ2) is 4.65. The van der Waals surface area contributed by atoms with E-state index in [1.54, 1.807) is 0 Å². The van der Waals surface area contributed by atoms with E-state index in [1.165, 1.54) is 22.3 Å². The van der Waals surface area contributed by atoms with Gasteiger partial charge < -0.3 is 15.7 Å². The van der Waals surface area contributed by atoms with Crippen molar-refractivity contribution in [1.29, 1.82) is 0 Å². The highest BCUT2D eigenvalue weighted by molar-refractivity contribution is 5.78. The minimum Gasteiger partial charge on any atom is -0.598 e. The van der Waals surface area contributed by atoms with Crippen molar-refractivity contribution in [1.82, 2.24) is 0 Å². The monoisotopic (exact) mass is 253 g/mol. The lowest BCUT2D eigenvalue weighted by molar-refractivity contribution is -0.251. The van der Waals surface area contributed by atoms with Crippen molar-refractivity contribution in [2.24, 2.45) is 10.9 Å². The van der Waals surface area contributed by atoms with E-state index in [0.29, 0.717) is 0 Å². The number of rotatable bonds is 2. The van der Waals surface area contributed by atoms with Crippen molar-refractivity contribution in [3.8, 4) is 11.1 Å². The van der Waals surface area contributed by atoms with Crippen molar-refractivity contribution in [3.05, 3.63) is 59.7 Å². The summed E-state index contributed by atoms with van der Waals surface area (Å²) in [5.74, 6) is 4.95. The highest BCUT2D eigenvalue weighted by Crippen LogP contribution is 2.44. The van der Waals surface area contributed by atoms with Crippen LogP contribution in [-0.4, -0.2) is 12.7 Å². The molecular formula is C15H13N2O2-. The summed E-state index contributed by atoms with van der Waals surface area (Å²) in [6.07, 6.45) is -0.734. The Labute approximate surface area is 111 Å². The topological polar surface area (TPSA) is 70.7 Å². The van der Waals surface area contributed by atoms with E-state index < -0.39 is 6.08 Å². The molecule has 0 saturated carbocycles. The number of hydrogen-bond acceptors (Lipinski definition) is 4. The third-order valence-corrected chi connectivity index (χ3v) is 3.44. The van der Waals surface area contributed by atoms with Gasteiger partial charge in [-0.2, -0.15) is 5.10 Å². The lowest BCUT2D eigenvalue weighted by atomic mass is 9.98. The number of fused-ring (bicyclic) bond motifs is 3. The van der Waals surface area contributed by atoms with Crippen molar-refractivity contribution in [2.45, 2.75) is 5.92 Å². The molecule has 0 spiro atoms. The fourth-order valence-electron chi connectivity index (χ4n) is 2.63. The molecule has 0 unspecified atom stereocenters. The summed E-state index contributed by atoms with van der Waals surface area (Å²) < 4.78 is 5.06. The summed E-state index contributed by atoms with van der Waals surface area (Å²) in [7, 11) is 0. The van der Waals surface area contributed by atoms with Crippen LogP contribution in [0.2, 0.25) is 0 Å². The van der Waals surface area contributed by atoms with Gasteiger partial charge in [0.25, 0.3) is 0 Å². The van der Waals surface area contributed by atoms with Gasteiger partial charge >= 0.3 is 0 Å². The van der Waals surface area contributed by atoms with Gasteiger partial charge in [0.1, 0.15) is 0 Å². The first kappa shape index (κ1) is 11.6. The highest BCUT2D eigenvalue weighted by Gasteiger charge is 2.26. The first-order chi connectivity index (χ1) is 9.31. The Morgan fingerprint density at radius 2 is 1.58 bits per heavy atom. The predicted octanol–water partition coefficient (Wildman–Crippen LogP) is 1.41. The van der Waals surface area contributed by atoms with Gasteiger partial charge in [0.05, 0.1) is 0 Å². The Bertz CT molecular complexity index is 592.